The summed E-state index contributed by atoms with van der Waals surface area (Å²) in [6.07, 6.45) is 7.21. The van der Waals surface area contributed by atoms with Gasteiger partial charge in [0.1, 0.15) is 6.04 Å². The van der Waals surface area contributed by atoms with E-state index in [4.69, 9.17) is 5.73 Å². The molecule has 1 aromatic carbocycles. The Morgan fingerprint density at radius 1 is 1.29 bits per heavy atom. The molecule has 1 amide bonds. The maximum Gasteiger partial charge on any atom is 0.241 e. The second-order valence-corrected chi connectivity index (χ2v) is 4.38. The minimum Gasteiger partial charge on any atom is -0.351 e. The van der Waals surface area contributed by atoms with E-state index >= 15 is 0 Å². The first-order chi connectivity index (χ1) is 8.27. The van der Waals surface area contributed by atoms with Gasteiger partial charge in [-0.2, -0.15) is 0 Å². The standard InChI is InChI=1S/C14H18N2O/c15-13(11-7-3-1-4-8-11)14(17)16-12-9-5-2-6-10-12/h1-5,7-8,12-13H,6,9-10,15H2,(H,16,17)/t12?,13-/m0/s1. The van der Waals surface area contributed by atoms with Crippen molar-refractivity contribution in [1.82, 2.24) is 5.32 Å². The fourth-order valence-electron chi connectivity index (χ4n) is 2.03. The Morgan fingerprint density at radius 2 is 2.06 bits per heavy atom. The first-order valence-corrected chi connectivity index (χ1v) is 6.03. The molecule has 2 rings (SSSR count). The summed E-state index contributed by atoms with van der Waals surface area (Å²) in [5, 5.41) is 3.00. The van der Waals surface area contributed by atoms with E-state index in [1.807, 2.05) is 30.3 Å². The van der Waals surface area contributed by atoms with Crippen LogP contribution in [0.15, 0.2) is 42.5 Å². The van der Waals surface area contributed by atoms with Crippen LogP contribution in [0.1, 0.15) is 30.9 Å². The van der Waals surface area contributed by atoms with E-state index in [1.54, 1.807) is 0 Å². The number of nitrogens with one attached hydrogen (secondary N) is 1. The van der Waals surface area contributed by atoms with Crippen molar-refractivity contribution < 1.29 is 4.79 Å². The van der Waals surface area contributed by atoms with Crippen LogP contribution >= 0.6 is 0 Å². The molecule has 17 heavy (non-hydrogen) atoms. The lowest BCUT2D eigenvalue weighted by Crippen LogP contribution is -2.41. The van der Waals surface area contributed by atoms with Crippen molar-refractivity contribution in [2.75, 3.05) is 0 Å². The molecule has 0 bridgehead atoms. The highest BCUT2D eigenvalue weighted by Gasteiger charge is 2.19. The van der Waals surface area contributed by atoms with Gasteiger partial charge in [0.15, 0.2) is 0 Å². The lowest BCUT2D eigenvalue weighted by Gasteiger charge is -2.21. The monoisotopic (exact) mass is 230 g/mol. The highest BCUT2D eigenvalue weighted by molar-refractivity contribution is 5.83. The third-order valence-corrected chi connectivity index (χ3v) is 3.06. The van der Waals surface area contributed by atoms with Gasteiger partial charge in [-0.25, -0.2) is 0 Å². The molecule has 0 saturated heterocycles. The lowest BCUT2D eigenvalue weighted by molar-refractivity contribution is -0.123. The van der Waals surface area contributed by atoms with Crippen molar-refractivity contribution in [3.05, 3.63) is 48.0 Å². The van der Waals surface area contributed by atoms with Gasteiger partial charge in [0.25, 0.3) is 0 Å². The van der Waals surface area contributed by atoms with E-state index in [0.29, 0.717) is 0 Å². The molecule has 3 heteroatoms. The van der Waals surface area contributed by atoms with Crippen LogP contribution in [0.25, 0.3) is 0 Å². The zero-order valence-corrected chi connectivity index (χ0v) is 9.80. The molecule has 0 aromatic heterocycles. The van der Waals surface area contributed by atoms with Crippen LogP contribution in [0.3, 0.4) is 0 Å². The van der Waals surface area contributed by atoms with Crippen molar-refractivity contribution in [3.63, 3.8) is 0 Å². The molecule has 0 radical (unpaired) electrons. The highest BCUT2D eigenvalue weighted by Crippen LogP contribution is 2.13. The van der Waals surface area contributed by atoms with Crippen molar-refractivity contribution in [2.45, 2.75) is 31.3 Å². The van der Waals surface area contributed by atoms with E-state index in [2.05, 4.69) is 17.5 Å². The maximum absolute atomic E-state index is 12.0. The molecule has 0 fully saturated rings. The van der Waals surface area contributed by atoms with E-state index in [9.17, 15) is 4.79 Å². The Morgan fingerprint density at radius 3 is 2.71 bits per heavy atom. The predicted molar refractivity (Wildman–Crippen MR) is 68.3 cm³/mol. The summed E-state index contributed by atoms with van der Waals surface area (Å²) < 4.78 is 0. The molecule has 2 atom stereocenters. The third kappa shape index (κ3) is 3.17. The zero-order valence-electron chi connectivity index (χ0n) is 9.80. The molecule has 1 aliphatic carbocycles. The van der Waals surface area contributed by atoms with Crippen LogP contribution in [-0.2, 0) is 4.79 Å². The molecule has 0 spiro atoms. The molecule has 3 nitrogen and oxygen atoms in total. The number of hydrogen-bond donors (Lipinski definition) is 2. The van der Waals surface area contributed by atoms with Gasteiger partial charge in [0, 0.05) is 6.04 Å². The van der Waals surface area contributed by atoms with Gasteiger partial charge in [-0.15, -0.1) is 0 Å². The normalized spacial score (nSPS) is 20.9. The minimum absolute atomic E-state index is 0.0866. The van der Waals surface area contributed by atoms with Crippen LogP contribution < -0.4 is 11.1 Å². The number of carbonyl (C=O) groups excluding carboxylic acids is 1. The summed E-state index contributed by atoms with van der Waals surface area (Å²) in [5.41, 5.74) is 6.78. The molecule has 90 valence electrons. The molecule has 3 N–H and O–H groups in total. The number of nitrogens with two attached hydrogens (primary N) is 1. The number of hydrogen-bond acceptors (Lipinski definition) is 2. The molecule has 0 saturated carbocycles. The Kier molecular flexibility index (Phi) is 3.94. The smallest absolute Gasteiger partial charge is 0.241 e. The molecule has 1 aliphatic rings. The largest absolute Gasteiger partial charge is 0.351 e. The number of benzene rings is 1. The summed E-state index contributed by atoms with van der Waals surface area (Å²) in [6.45, 7) is 0. The number of allylic oxidation sites excluding steroid dienone is 1. The van der Waals surface area contributed by atoms with E-state index < -0.39 is 6.04 Å². The molecule has 0 heterocycles. The van der Waals surface area contributed by atoms with Crippen LogP contribution in [0.5, 0.6) is 0 Å². The van der Waals surface area contributed by atoms with Crippen LogP contribution in [0.2, 0.25) is 0 Å². The molecular formula is C14H18N2O. The van der Waals surface area contributed by atoms with E-state index in [1.165, 1.54) is 0 Å². The van der Waals surface area contributed by atoms with Crippen molar-refractivity contribution in [1.29, 1.82) is 0 Å². The average Bonchev–Trinajstić information content (AvgIpc) is 2.40. The van der Waals surface area contributed by atoms with Crippen LogP contribution in [0, 0.1) is 0 Å². The van der Waals surface area contributed by atoms with Gasteiger partial charge in [0.2, 0.25) is 5.91 Å². The Labute approximate surface area is 102 Å². The summed E-state index contributed by atoms with van der Waals surface area (Å²) in [5.74, 6) is -0.0866. The zero-order chi connectivity index (χ0) is 12.1. The van der Waals surface area contributed by atoms with Gasteiger partial charge in [0.05, 0.1) is 0 Å². The quantitative estimate of drug-likeness (QED) is 0.779. The first-order valence-electron chi connectivity index (χ1n) is 6.03. The van der Waals surface area contributed by atoms with Gasteiger partial charge in [-0.05, 0) is 24.8 Å². The first kappa shape index (κ1) is 11.9. The second-order valence-electron chi connectivity index (χ2n) is 4.38. The summed E-state index contributed by atoms with van der Waals surface area (Å²) in [6, 6.07) is 9.14. The Hall–Kier alpha value is -1.61. The maximum atomic E-state index is 12.0. The number of amides is 1. The van der Waals surface area contributed by atoms with Gasteiger partial charge >= 0.3 is 0 Å². The molecule has 1 aromatic rings. The van der Waals surface area contributed by atoms with E-state index in [-0.39, 0.29) is 11.9 Å². The molecule has 1 unspecified atom stereocenters. The van der Waals surface area contributed by atoms with Gasteiger partial charge < -0.3 is 11.1 Å². The van der Waals surface area contributed by atoms with Crippen LogP contribution in [-0.4, -0.2) is 11.9 Å². The van der Waals surface area contributed by atoms with Gasteiger partial charge in [-0.3, -0.25) is 4.79 Å². The van der Waals surface area contributed by atoms with Crippen LogP contribution in [0.4, 0.5) is 0 Å². The fourth-order valence-corrected chi connectivity index (χ4v) is 2.03. The summed E-state index contributed by atoms with van der Waals surface area (Å²) in [4.78, 5) is 12.0. The summed E-state index contributed by atoms with van der Waals surface area (Å²) >= 11 is 0. The van der Waals surface area contributed by atoms with E-state index in [0.717, 1.165) is 24.8 Å². The number of carbonyl (C=O) groups is 1. The Bertz CT molecular complexity index is 400. The minimum atomic E-state index is -0.567. The van der Waals surface area contributed by atoms with Crippen molar-refractivity contribution >= 4 is 5.91 Å². The second kappa shape index (κ2) is 5.64. The fraction of sp³-hybridized carbons (Fsp3) is 0.357. The predicted octanol–water partition coefficient (Wildman–Crippen LogP) is 1.91. The number of rotatable bonds is 3. The molecular weight excluding hydrogens is 212 g/mol. The summed E-state index contributed by atoms with van der Waals surface area (Å²) in [7, 11) is 0. The topological polar surface area (TPSA) is 55.1 Å². The Balaban J connectivity index is 1.93. The average molecular weight is 230 g/mol. The third-order valence-electron chi connectivity index (χ3n) is 3.06. The highest BCUT2D eigenvalue weighted by atomic mass is 16.2. The van der Waals surface area contributed by atoms with Crippen molar-refractivity contribution in [3.8, 4) is 0 Å². The molecule has 0 aliphatic heterocycles. The SMILES string of the molecule is N[C@H](C(=O)NC1CC=CCC1)c1ccccc1. The van der Waals surface area contributed by atoms with Gasteiger partial charge in [-0.1, -0.05) is 42.5 Å². The van der Waals surface area contributed by atoms with Crippen molar-refractivity contribution in [2.24, 2.45) is 5.73 Å². The lowest BCUT2D eigenvalue weighted by atomic mass is 10.0.